The third-order valence-electron chi connectivity index (χ3n) is 1.86. The lowest BCUT2D eigenvalue weighted by Crippen LogP contribution is -2.42. The van der Waals surface area contributed by atoms with E-state index in [0.29, 0.717) is 12.2 Å². The fourth-order valence-electron chi connectivity index (χ4n) is 1.25. The van der Waals surface area contributed by atoms with E-state index in [9.17, 15) is 0 Å². The summed E-state index contributed by atoms with van der Waals surface area (Å²) >= 11 is 0. The van der Waals surface area contributed by atoms with Gasteiger partial charge in [-0.3, -0.25) is 0 Å². The molecule has 60 valence electrons. The van der Waals surface area contributed by atoms with Gasteiger partial charge in [0.1, 0.15) is 12.2 Å². The van der Waals surface area contributed by atoms with Crippen molar-refractivity contribution in [3.63, 3.8) is 0 Å². The summed E-state index contributed by atoms with van der Waals surface area (Å²) in [6.07, 6.45) is 5.45. The average Bonchev–Trinajstić information content (AvgIpc) is 1.93. The van der Waals surface area contributed by atoms with Crippen molar-refractivity contribution >= 4 is 0 Å². The van der Waals surface area contributed by atoms with E-state index in [1.165, 1.54) is 12.8 Å². The molecule has 0 unspecified atom stereocenters. The molecule has 1 saturated heterocycles. The van der Waals surface area contributed by atoms with E-state index in [4.69, 9.17) is 9.78 Å². The molecular formula is C8H16O2. The zero-order valence-electron chi connectivity index (χ0n) is 6.80. The van der Waals surface area contributed by atoms with Crippen molar-refractivity contribution < 1.29 is 9.78 Å². The zero-order valence-corrected chi connectivity index (χ0v) is 6.80. The third-order valence-corrected chi connectivity index (χ3v) is 1.86. The van der Waals surface area contributed by atoms with Gasteiger partial charge in [-0.05, 0) is 12.8 Å². The van der Waals surface area contributed by atoms with Crippen LogP contribution < -0.4 is 0 Å². The molecule has 0 amide bonds. The average molecular weight is 144 g/mol. The molecule has 2 nitrogen and oxygen atoms in total. The molecule has 0 spiro atoms. The van der Waals surface area contributed by atoms with Crippen molar-refractivity contribution in [1.29, 1.82) is 0 Å². The summed E-state index contributed by atoms with van der Waals surface area (Å²) in [7, 11) is 0. The van der Waals surface area contributed by atoms with E-state index < -0.39 is 0 Å². The molecule has 2 atom stereocenters. The van der Waals surface area contributed by atoms with Crippen LogP contribution in [0, 0.1) is 0 Å². The molecule has 0 saturated carbocycles. The Hall–Kier alpha value is -0.0800. The van der Waals surface area contributed by atoms with E-state index in [-0.39, 0.29) is 0 Å². The molecule has 0 N–H and O–H groups in total. The summed E-state index contributed by atoms with van der Waals surface area (Å²) in [5, 5.41) is 0. The summed E-state index contributed by atoms with van der Waals surface area (Å²) in [6.45, 7) is 4.34. The minimum atomic E-state index is 0.393. The van der Waals surface area contributed by atoms with Gasteiger partial charge in [0.05, 0.1) is 0 Å². The molecule has 2 heteroatoms. The summed E-state index contributed by atoms with van der Waals surface area (Å²) in [4.78, 5) is 9.87. The van der Waals surface area contributed by atoms with Gasteiger partial charge in [0.2, 0.25) is 0 Å². The van der Waals surface area contributed by atoms with Crippen LogP contribution in [0.5, 0.6) is 0 Å². The lowest BCUT2D eigenvalue weighted by molar-refractivity contribution is -0.466. The van der Waals surface area contributed by atoms with Crippen LogP contribution >= 0.6 is 0 Å². The highest BCUT2D eigenvalue weighted by Crippen LogP contribution is 2.24. The van der Waals surface area contributed by atoms with Crippen molar-refractivity contribution in [2.45, 2.75) is 51.7 Å². The first-order valence-corrected chi connectivity index (χ1v) is 4.20. The summed E-state index contributed by atoms with van der Waals surface area (Å²) in [5.74, 6) is 0. The smallest absolute Gasteiger partial charge is 0.122 e. The highest BCUT2D eigenvalue weighted by atomic mass is 17.2. The van der Waals surface area contributed by atoms with Crippen LogP contribution in [0.1, 0.15) is 39.5 Å². The lowest BCUT2D eigenvalue weighted by atomic mass is 10.0. The lowest BCUT2D eigenvalue weighted by Gasteiger charge is -2.34. The van der Waals surface area contributed by atoms with Crippen LogP contribution in [0.25, 0.3) is 0 Å². The van der Waals surface area contributed by atoms with E-state index in [1.54, 1.807) is 0 Å². The molecule has 1 rings (SSSR count). The Labute approximate surface area is 62.4 Å². The zero-order chi connectivity index (χ0) is 7.40. The standard InChI is InChI=1S/C8H16O2/c1-3-5-7-8(6-4-2)10-9-7/h7-8H,3-6H2,1-2H3/t7-,8-/m0/s1. The van der Waals surface area contributed by atoms with Crippen molar-refractivity contribution in [1.82, 2.24) is 0 Å². The summed E-state index contributed by atoms with van der Waals surface area (Å²) in [6, 6.07) is 0. The highest BCUT2D eigenvalue weighted by Gasteiger charge is 2.32. The number of hydrogen-bond acceptors (Lipinski definition) is 2. The maximum absolute atomic E-state index is 4.94. The normalized spacial score (nSPS) is 31.8. The van der Waals surface area contributed by atoms with Gasteiger partial charge in [-0.2, -0.15) is 0 Å². The largest absolute Gasteiger partial charge is 0.230 e. The van der Waals surface area contributed by atoms with Gasteiger partial charge in [-0.25, -0.2) is 9.78 Å². The Morgan fingerprint density at radius 1 is 0.900 bits per heavy atom. The van der Waals surface area contributed by atoms with E-state index in [1.807, 2.05) is 0 Å². The van der Waals surface area contributed by atoms with E-state index in [0.717, 1.165) is 12.8 Å². The maximum Gasteiger partial charge on any atom is 0.122 e. The predicted octanol–water partition coefficient (Wildman–Crippen LogP) is 2.29. The van der Waals surface area contributed by atoms with Gasteiger partial charge in [-0.15, -0.1) is 0 Å². The molecule has 0 aromatic carbocycles. The fraction of sp³-hybridized carbons (Fsp3) is 1.00. The van der Waals surface area contributed by atoms with Crippen LogP contribution in [0.4, 0.5) is 0 Å². The van der Waals surface area contributed by atoms with Crippen molar-refractivity contribution in [2.24, 2.45) is 0 Å². The van der Waals surface area contributed by atoms with E-state index >= 15 is 0 Å². The van der Waals surface area contributed by atoms with Crippen LogP contribution in [0.2, 0.25) is 0 Å². The molecule has 1 heterocycles. The van der Waals surface area contributed by atoms with Crippen LogP contribution in [0.3, 0.4) is 0 Å². The molecule has 10 heavy (non-hydrogen) atoms. The predicted molar refractivity (Wildman–Crippen MR) is 39.6 cm³/mol. The second-order valence-electron chi connectivity index (χ2n) is 2.85. The number of rotatable bonds is 4. The SMILES string of the molecule is CCC[C@@H]1OO[C@H]1CCC. The van der Waals surface area contributed by atoms with E-state index in [2.05, 4.69) is 13.8 Å². The quantitative estimate of drug-likeness (QED) is 0.563. The molecule has 1 fully saturated rings. The van der Waals surface area contributed by atoms with Crippen LogP contribution in [0.15, 0.2) is 0 Å². The minimum absolute atomic E-state index is 0.393. The maximum atomic E-state index is 4.94. The number of hydrogen-bond donors (Lipinski definition) is 0. The molecule has 0 aromatic rings. The summed E-state index contributed by atoms with van der Waals surface area (Å²) in [5.41, 5.74) is 0. The fourth-order valence-corrected chi connectivity index (χ4v) is 1.25. The van der Waals surface area contributed by atoms with Gasteiger partial charge >= 0.3 is 0 Å². The van der Waals surface area contributed by atoms with Crippen molar-refractivity contribution in [3.05, 3.63) is 0 Å². The van der Waals surface area contributed by atoms with Gasteiger partial charge < -0.3 is 0 Å². The molecule has 1 aliphatic heterocycles. The Balaban J connectivity index is 2.09. The Morgan fingerprint density at radius 2 is 1.30 bits per heavy atom. The summed E-state index contributed by atoms with van der Waals surface area (Å²) < 4.78 is 0. The first-order valence-electron chi connectivity index (χ1n) is 4.20. The van der Waals surface area contributed by atoms with Crippen molar-refractivity contribution in [2.75, 3.05) is 0 Å². The van der Waals surface area contributed by atoms with Gasteiger partial charge in [0.25, 0.3) is 0 Å². The first kappa shape index (κ1) is 8.02. The van der Waals surface area contributed by atoms with Crippen LogP contribution in [-0.4, -0.2) is 12.2 Å². The molecule has 0 radical (unpaired) electrons. The monoisotopic (exact) mass is 144 g/mol. The topological polar surface area (TPSA) is 18.5 Å². The Morgan fingerprint density at radius 3 is 1.50 bits per heavy atom. The van der Waals surface area contributed by atoms with Gasteiger partial charge in [0.15, 0.2) is 0 Å². The first-order chi connectivity index (χ1) is 4.88. The second kappa shape index (κ2) is 3.94. The second-order valence-corrected chi connectivity index (χ2v) is 2.85. The Kier molecular flexibility index (Phi) is 3.16. The Bertz CT molecular complexity index is 81.3. The van der Waals surface area contributed by atoms with Gasteiger partial charge in [-0.1, -0.05) is 26.7 Å². The van der Waals surface area contributed by atoms with Crippen LogP contribution in [-0.2, 0) is 9.78 Å². The molecule has 1 aliphatic rings. The molecule has 0 aliphatic carbocycles. The molecule has 0 bridgehead atoms. The van der Waals surface area contributed by atoms with Gasteiger partial charge in [0, 0.05) is 0 Å². The molecule has 0 aromatic heterocycles. The highest BCUT2D eigenvalue weighted by molar-refractivity contribution is 4.72. The minimum Gasteiger partial charge on any atom is -0.230 e. The van der Waals surface area contributed by atoms with Crippen molar-refractivity contribution in [3.8, 4) is 0 Å². The molecular weight excluding hydrogens is 128 g/mol. The third kappa shape index (κ3) is 1.70.